The molecular weight excluding hydrogens is 270 g/mol. The monoisotopic (exact) mass is 291 g/mol. The van der Waals surface area contributed by atoms with E-state index in [0.717, 1.165) is 31.8 Å². The molecule has 1 fully saturated rings. The molecule has 0 spiro atoms. The highest BCUT2D eigenvalue weighted by molar-refractivity contribution is 5.71. The summed E-state index contributed by atoms with van der Waals surface area (Å²) in [6, 6.07) is 0.368. The molecule has 0 aliphatic carbocycles. The molecule has 7 heteroatoms. The summed E-state index contributed by atoms with van der Waals surface area (Å²) in [5.41, 5.74) is 0.461. The first kappa shape index (κ1) is 14.1. The zero-order chi connectivity index (χ0) is 15.1. The number of rotatable bonds is 3. The van der Waals surface area contributed by atoms with Crippen molar-refractivity contribution in [2.24, 2.45) is 7.05 Å². The third kappa shape index (κ3) is 2.12. The Labute approximate surface area is 122 Å². The van der Waals surface area contributed by atoms with E-state index >= 15 is 0 Å². The molecule has 1 aliphatic rings. The van der Waals surface area contributed by atoms with Gasteiger partial charge in [-0.25, -0.2) is 9.78 Å². The van der Waals surface area contributed by atoms with Gasteiger partial charge < -0.3 is 9.88 Å². The van der Waals surface area contributed by atoms with Crippen LogP contribution in [0.1, 0.15) is 25.6 Å². The predicted molar refractivity (Wildman–Crippen MR) is 80.7 cm³/mol. The number of hydrogen-bond acceptors (Lipinski definition) is 4. The molecule has 3 heterocycles. The summed E-state index contributed by atoms with van der Waals surface area (Å²) in [5.74, 6) is 0.777. The summed E-state index contributed by atoms with van der Waals surface area (Å²) in [6.07, 6.45) is 2.26. The molecule has 0 saturated carbocycles. The van der Waals surface area contributed by atoms with Crippen molar-refractivity contribution in [2.75, 3.05) is 6.54 Å². The Balaban J connectivity index is 2.25. The molecule has 1 atom stereocenters. The number of imidazole rings is 1. The Bertz CT molecular complexity index is 792. The highest BCUT2D eigenvalue weighted by atomic mass is 16.2. The Kier molecular flexibility index (Phi) is 3.44. The number of aromatic nitrogens is 4. The fourth-order valence-electron chi connectivity index (χ4n) is 3.12. The quantitative estimate of drug-likeness (QED) is 0.862. The lowest BCUT2D eigenvalue weighted by Gasteiger charge is -2.13. The highest BCUT2D eigenvalue weighted by Crippen LogP contribution is 2.14. The molecule has 2 aromatic rings. The lowest BCUT2D eigenvalue weighted by Crippen LogP contribution is -2.39. The van der Waals surface area contributed by atoms with E-state index in [0.29, 0.717) is 23.8 Å². The third-order valence-electron chi connectivity index (χ3n) is 4.30. The molecular formula is C14H21N5O2. The van der Waals surface area contributed by atoms with Crippen molar-refractivity contribution >= 4 is 11.2 Å². The van der Waals surface area contributed by atoms with Crippen LogP contribution in [0.15, 0.2) is 9.59 Å². The second-order valence-electron chi connectivity index (χ2n) is 5.63. The predicted octanol–water partition coefficient (Wildman–Crippen LogP) is -0.0230. The maximum Gasteiger partial charge on any atom is 0.332 e. The molecule has 0 radical (unpaired) electrons. The van der Waals surface area contributed by atoms with Gasteiger partial charge in [-0.15, -0.1) is 0 Å². The molecule has 7 nitrogen and oxygen atoms in total. The molecule has 2 aromatic heterocycles. The van der Waals surface area contributed by atoms with Crippen LogP contribution in [0.3, 0.4) is 0 Å². The Morgan fingerprint density at radius 2 is 2.10 bits per heavy atom. The number of fused-ring (bicyclic) bond motifs is 1. The molecule has 1 aliphatic heterocycles. The zero-order valence-corrected chi connectivity index (χ0v) is 12.7. The minimum absolute atomic E-state index is 0.241. The first-order valence-corrected chi connectivity index (χ1v) is 7.44. The van der Waals surface area contributed by atoms with E-state index in [4.69, 9.17) is 0 Å². The molecule has 1 saturated heterocycles. The van der Waals surface area contributed by atoms with Gasteiger partial charge in [0.15, 0.2) is 11.2 Å². The van der Waals surface area contributed by atoms with E-state index in [2.05, 4.69) is 10.3 Å². The Hall–Kier alpha value is -1.89. The third-order valence-corrected chi connectivity index (χ3v) is 4.30. The molecule has 0 aromatic carbocycles. The van der Waals surface area contributed by atoms with Gasteiger partial charge in [0, 0.05) is 26.2 Å². The Morgan fingerprint density at radius 1 is 1.33 bits per heavy atom. The van der Waals surface area contributed by atoms with Gasteiger partial charge in [-0.05, 0) is 33.2 Å². The highest BCUT2D eigenvalue weighted by Gasteiger charge is 2.21. The van der Waals surface area contributed by atoms with Gasteiger partial charge in [0.25, 0.3) is 5.56 Å². The van der Waals surface area contributed by atoms with Gasteiger partial charge in [-0.2, -0.15) is 0 Å². The lowest BCUT2D eigenvalue weighted by molar-refractivity contribution is 0.508. The van der Waals surface area contributed by atoms with Crippen molar-refractivity contribution < 1.29 is 0 Å². The maximum atomic E-state index is 12.6. The molecule has 1 unspecified atom stereocenters. The van der Waals surface area contributed by atoms with E-state index in [-0.39, 0.29) is 11.2 Å². The van der Waals surface area contributed by atoms with Crippen LogP contribution in [-0.2, 0) is 20.1 Å². The second kappa shape index (κ2) is 5.14. The average Bonchev–Trinajstić information content (AvgIpc) is 3.07. The van der Waals surface area contributed by atoms with Gasteiger partial charge in [0.05, 0.1) is 0 Å². The summed E-state index contributed by atoms with van der Waals surface area (Å²) >= 11 is 0. The summed E-state index contributed by atoms with van der Waals surface area (Å²) in [4.78, 5) is 29.2. The minimum atomic E-state index is -0.307. The van der Waals surface area contributed by atoms with Gasteiger partial charge >= 0.3 is 5.69 Å². The molecule has 21 heavy (non-hydrogen) atoms. The summed E-state index contributed by atoms with van der Waals surface area (Å²) in [5, 5.41) is 3.43. The van der Waals surface area contributed by atoms with Crippen molar-refractivity contribution in [1.82, 2.24) is 24.0 Å². The number of aryl methyl sites for hydroxylation is 2. The van der Waals surface area contributed by atoms with E-state index in [1.165, 1.54) is 9.13 Å². The van der Waals surface area contributed by atoms with Crippen LogP contribution >= 0.6 is 0 Å². The van der Waals surface area contributed by atoms with Crippen LogP contribution in [0.4, 0.5) is 0 Å². The second-order valence-corrected chi connectivity index (χ2v) is 5.63. The van der Waals surface area contributed by atoms with Crippen molar-refractivity contribution in [3.05, 3.63) is 26.7 Å². The van der Waals surface area contributed by atoms with Crippen molar-refractivity contribution in [3.8, 4) is 0 Å². The molecule has 114 valence electrons. The van der Waals surface area contributed by atoms with Crippen LogP contribution in [-0.4, -0.2) is 31.3 Å². The largest absolute Gasteiger partial charge is 0.332 e. The normalized spacial score (nSPS) is 18.7. The van der Waals surface area contributed by atoms with Crippen LogP contribution in [0.2, 0.25) is 0 Å². The number of hydrogen-bond donors (Lipinski definition) is 1. The van der Waals surface area contributed by atoms with Crippen LogP contribution in [0.25, 0.3) is 11.2 Å². The zero-order valence-electron chi connectivity index (χ0n) is 12.7. The minimum Gasteiger partial charge on any atom is -0.321 e. The maximum absolute atomic E-state index is 12.6. The fraction of sp³-hybridized carbons (Fsp3) is 0.643. The molecule has 3 rings (SSSR count). The van der Waals surface area contributed by atoms with Crippen molar-refractivity contribution in [1.29, 1.82) is 0 Å². The van der Waals surface area contributed by atoms with Gasteiger partial charge in [-0.1, -0.05) is 0 Å². The standard InChI is InChI=1S/C14H21N5O2/c1-4-18-13(20)11-12(17(3)14(18)21)16-9(2)19(11)8-10-6-5-7-15-10/h10,15H,4-8H2,1-3H3. The first-order valence-electron chi connectivity index (χ1n) is 7.44. The smallest absolute Gasteiger partial charge is 0.321 e. The van der Waals surface area contributed by atoms with Gasteiger partial charge in [-0.3, -0.25) is 13.9 Å². The van der Waals surface area contributed by atoms with Gasteiger partial charge in [0.1, 0.15) is 5.82 Å². The summed E-state index contributed by atoms with van der Waals surface area (Å²) in [7, 11) is 1.67. The SMILES string of the molecule is CCn1c(=O)c2c(nc(C)n2CC2CCCN2)n(C)c1=O. The fourth-order valence-corrected chi connectivity index (χ4v) is 3.12. The van der Waals surface area contributed by atoms with E-state index in [1.807, 2.05) is 11.5 Å². The van der Waals surface area contributed by atoms with Gasteiger partial charge in [0.2, 0.25) is 0 Å². The van der Waals surface area contributed by atoms with E-state index < -0.39 is 0 Å². The molecule has 1 N–H and O–H groups in total. The average molecular weight is 291 g/mol. The van der Waals surface area contributed by atoms with E-state index in [1.54, 1.807) is 14.0 Å². The molecule has 0 bridgehead atoms. The first-order chi connectivity index (χ1) is 10.0. The van der Waals surface area contributed by atoms with Crippen LogP contribution < -0.4 is 16.6 Å². The summed E-state index contributed by atoms with van der Waals surface area (Å²) in [6.45, 7) is 5.80. The van der Waals surface area contributed by atoms with Crippen LogP contribution in [0.5, 0.6) is 0 Å². The van der Waals surface area contributed by atoms with Crippen LogP contribution in [0, 0.1) is 6.92 Å². The summed E-state index contributed by atoms with van der Waals surface area (Å²) < 4.78 is 4.68. The topological polar surface area (TPSA) is 73.8 Å². The van der Waals surface area contributed by atoms with Crippen molar-refractivity contribution in [2.45, 2.75) is 45.8 Å². The lowest BCUT2D eigenvalue weighted by atomic mass is 10.2. The Morgan fingerprint density at radius 3 is 2.71 bits per heavy atom. The number of nitrogens with one attached hydrogen (secondary N) is 1. The number of nitrogens with zero attached hydrogens (tertiary/aromatic N) is 4. The van der Waals surface area contributed by atoms with Crippen molar-refractivity contribution in [3.63, 3.8) is 0 Å². The van der Waals surface area contributed by atoms with E-state index in [9.17, 15) is 9.59 Å². The molecule has 0 amide bonds.